The Balaban J connectivity index is 1.56. The van der Waals surface area contributed by atoms with Crippen LogP contribution in [0.5, 0.6) is 0 Å². The van der Waals surface area contributed by atoms with Gasteiger partial charge in [0.05, 0.1) is 0 Å². The molecule has 1 aromatic heterocycles. The van der Waals surface area contributed by atoms with Crippen molar-refractivity contribution < 1.29 is 14.4 Å². The van der Waals surface area contributed by atoms with Gasteiger partial charge in [-0.25, -0.2) is 0 Å². The molecule has 0 saturated carbocycles. The van der Waals surface area contributed by atoms with Crippen LogP contribution in [0.2, 0.25) is 0 Å². The van der Waals surface area contributed by atoms with Crippen molar-refractivity contribution in [2.75, 3.05) is 39.8 Å². The highest BCUT2D eigenvalue weighted by atomic mass is 16.2. The number of carbonyl (C=O) groups is 3. The van der Waals surface area contributed by atoms with Crippen molar-refractivity contribution in [1.82, 2.24) is 19.7 Å². The number of likely N-dealkylation sites (N-methyl/N-ethyl adjacent to an activating group) is 1. The highest BCUT2D eigenvalue weighted by molar-refractivity contribution is 5.97. The van der Waals surface area contributed by atoms with Gasteiger partial charge in [0.1, 0.15) is 0 Å². The van der Waals surface area contributed by atoms with E-state index in [1.54, 1.807) is 58.4 Å². The lowest BCUT2D eigenvalue weighted by atomic mass is 10.1. The van der Waals surface area contributed by atoms with Gasteiger partial charge in [-0.15, -0.1) is 0 Å². The molecule has 146 valence electrons. The monoisotopic (exact) mass is 380 g/mol. The molecule has 1 aromatic carbocycles. The lowest BCUT2D eigenvalue weighted by Gasteiger charge is -2.32. The second-order valence-electron chi connectivity index (χ2n) is 6.84. The van der Waals surface area contributed by atoms with Crippen LogP contribution in [0, 0.1) is 0 Å². The van der Waals surface area contributed by atoms with Gasteiger partial charge in [0.25, 0.3) is 11.8 Å². The van der Waals surface area contributed by atoms with E-state index in [2.05, 4.69) is 4.98 Å². The minimum Gasteiger partial charge on any atom is -0.342 e. The molecule has 0 aliphatic carbocycles. The van der Waals surface area contributed by atoms with Gasteiger partial charge in [-0.3, -0.25) is 19.4 Å². The van der Waals surface area contributed by atoms with Gasteiger partial charge in [-0.2, -0.15) is 0 Å². The number of rotatable bonds is 6. The molecule has 7 nitrogen and oxygen atoms in total. The molecule has 2 heterocycles. The van der Waals surface area contributed by atoms with Gasteiger partial charge >= 0.3 is 0 Å². The summed E-state index contributed by atoms with van der Waals surface area (Å²) in [6, 6.07) is 10.7. The molecule has 2 aromatic rings. The van der Waals surface area contributed by atoms with E-state index < -0.39 is 0 Å². The molecule has 3 amide bonds. The number of carbonyl (C=O) groups excluding carboxylic acids is 3. The van der Waals surface area contributed by atoms with E-state index in [9.17, 15) is 14.4 Å². The summed E-state index contributed by atoms with van der Waals surface area (Å²) in [5.41, 5.74) is 2.24. The van der Waals surface area contributed by atoms with Crippen LogP contribution in [-0.2, 0) is 11.2 Å². The summed E-state index contributed by atoms with van der Waals surface area (Å²) in [5, 5.41) is 0. The summed E-state index contributed by atoms with van der Waals surface area (Å²) in [5.74, 6) is -0.150. The summed E-state index contributed by atoms with van der Waals surface area (Å²) in [6.45, 7) is 2.75. The van der Waals surface area contributed by atoms with Crippen molar-refractivity contribution in [3.63, 3.8) is 0 Å². The Morgan fingerprint density at radius 2 is 1.61 bits per heavy atom. The number of nitrogens with zero attached hydrogens (tertiary/aromatic N) is 4. The number of amides is 3. The van der Waals surface area contributed by atoms with Gasteiger partial charge in [-0.05, 0) is 48.4 Å². The zero-order valence-electron chi connectivity index (χ0n) is 16.0. The van der Waals surface area contributed by atoms with Crippen LogP contribution in [0.15, 0.2) is 48.8 Å². The van der Waals surface area contributed by atoms with E-state index >= 15 is 0 Å². The molecule has 1 saturated heterocycles. The second-order valence-corrected chi connectivity index (χ2v) is 6.84. The molecule has 3 rings (SSSR count). The van der Waals surface area contributed by atoms with Crippen LogP contribution in [0.1, 0.15) is 26.3 Å². The van der Waals surface area contributed by atoms with E-state index in [1.165, 1.54) is 0 Å². The first-order valence-electron chi connectivity index (χ1n) is 9.31. The van der Waals surface area contributed by atoms with Crippen molar-refractivity contribution in [2.45, 2.75) is 6.42 Å². The maximum Gasteiger partial charge on any atom is 0.253 e. The summed E-state index contributed by atoms with van der Waals surface area (Å²) in [6.07, 6.45) is 5.05. The molecular weight excluding hydrogens is 356 g/mol. The highest BCUT2D eigenvalue weighted by Crippen LogP contribution is 2.12. The van der Waals surface area contributed by atoms with Crippen LogP contribution in [-0.4, -0.2) is 77.7 Å². The predicted octanol–water partition coefficient (Wildman–Crippen LogP) is 1.31. The number of piperazine rings is 1. The van der Waals surface area contributed by atoms with Crippen molar-refractivity contribution in [2.24, 2.45) is 0 Å². The average molecular weight is 380 g/mol. The molecule has 0 spiro atoms. The Morgan fingerprint density at radius 1 is 1.00 bits per heavy atom. The fourth-order valence-corrected chi connectivity index (χ4v) is 3.14. The molecule has 28 heavy (non-hydrogen) atoms. The number of pyridine rings is 1. The Morgan fingerprint density at radius 3 is 2.21 bits per heavy atom. The Bertz CT molecular complexity index is 815. The minimum absolute atomic E-state index is 0.0735. The van der Waals surface area contributed by atoms with Crippen LogP contribution in [0.3, 0.4) is 0 Å². The molecule has 0 radical (unpaired) electrons. The molecule has 0 N–H and O–H groups in total. The zero-order chi connectivity index (χ0) is 19.9. The Hall–Kier alpha value is -3.22. The third-order valence-electron chi connectivity index (χ3n) is 4.96. The highest BCUT2D eigenvalue weighted by Gasteiger charge is 2.21. The molecule has 0 bridgehead atoms. The number of hydrogen-bond donors (Lipinski definition) is 0. The zero-order valence-corrected chi connectivity index (χ0v) is 16.0. The minimum atomic E-state index is -0.0762. The van der Waals surface area contributed by atoms with E-state index in [0.29, 0.717) is 43.9 Å². The molecule has 1 aliphatic rings. The first kappa shape index (κ1) is 19.5. The van der Waals surface area contributed by atoms with E-state index in [-0.39, 0.29) is 11.8 Å². The van der Waals surface area contributed by atoms with Gasteiger partial charge in [0.15, 0.2) is 0 Å². The lowest BCUT2D eigenvalue weighted by molar-refractivity contribution is -0.119. The average Bonchev–Trinajstić information content (AvgIpc) is 2.77. The third-order valence-corrected chi connectivity index (χ3v) is 4.96. The van der Waals surface area contributed by atoms with Gasteiger partial charge in [0.2, 0.25) is 6.41 Å². The van der Waals surface area contributed by atoms with E-state index in [4.69, 9.17) is 0 Å². The third kappa shape index (κ3) is 4.73. The molecular formula is C21H24N4O3. The summed E-state index contributed by atoms with van der Waals surface area (Å²) in [4.78, 5) is 45.0. The van der Waals surface area contributed by atoms with E-state index in [0.717, 1.165) is 18.4 Å². The first-order valence-corrected chi connectivity index (χ1v) is 9.31. The van der Waals surface area contributed by atoms with Gasteiger partial charge < -0.3 is 14.7 Å². The first-order chi connectivity index (χ1) is 13.6. The fraction of sp³-hybridized carbons (Fsp3) is 0.333. The Labute approximate surface area is 164 Å². The lowest BCUT2D eigenvalue weighted by Crippen LogP contribution is -2.48. The maximum atomic E-state index is 12.6. The standard InChI is InChI=1S/C21H24N4O3/c1-23(11-8-17-6-9-22-10-7-17)20(27)18-2-4-19(5-3-18)21(28)25-14-12-24(16-26)13-15-25/h2-7,9-10,16H,8,11-15H2,1H3. The largest absolute Gasteiger partial charge is 0.342 e. The number of benzene rings is 1. The van der Waals surface area contributed by atoms with Crippen molar-refractivity contribution in [3.8, 4) is 0 Å². The summed E-state index contributed by atoms with van der Waals surface area (Å²) < 4.78 is 0. The maximum absolute atomic E-state index is 12.6. The predicted molar refractivity (Wildman–Crippen MR) is 105 cm³/mol. The van der Waals surface area contributed by atoms with Gasteiger partial charge in [-0.1, -0.05) is 0 Å². The van der Waals surface area contributed by atoms with Crippen molar-refractivity contribution in [1.29, 1.82) is 0 Å². The van der Waals surface area contributed by atoms with E-state index in [1.807, 2.05) is 12.1 Å². The quantitative estimate of drug-likeness (QED) is 0.709. The summed E-state index contributed by atoms with van der Waals surface area (Å²) >= 11 is 0. The topological polar surface area (TPSA) is 73.8 Å². The summed E-state index contributed by atoms with van der Waals surface area (Å²) in [7, 11) is 1.77. The number of hydrogen-bond acceptors (Lipinski definition) is 4. The van der Waals surface area contributed by atoms with Crippen molar-refractivity contribution in [3.05, 3.63) is 65.5 Å². The smallest absolute Gasteiger partial charge is 0.253 e. The second kappa shape index (κ2) is 9.12. The van der Waals surface area contributed by atoms with Crippen molar-refractivity contribution >= 4 is 18.2 Å². The molecule has 0 atom stereocenters. The van der Waals surface area contributed by atoms with Crippen LogP contribution >= 0.6 is 0 Å². The molecule has 7 heteroatoms. The van der Waals surface area contributed by atoms with Crippen LogP contribution in [0.25, 0.3) is 0 Å². The molecule has 0 unspecified atom stereocenters. The fourth-order valence-electron chi connectivity index (χ4n) is 3.14. The Kier molecular flexibility index (Phi) is 6.37. The molecule has 1 aliphatic heterocycles. The van der Waals surface area contributed by atoms with Gasteiger partial charge in [0, 0.05) is 63.3 Å². The van der Waals surface area contributed by atoms with Crippen LogP contribution < -0.4 is 0 Å². The van der Waals surface area contributed by atoms with Crippen LogP contribution in [0.4, 0.5) is 0 Å². The molecule has 1 fully saturated rings. The SMILES string of the molecule is CN(CCc1ccncc1)C(=O)c1ccc(C(=O)N2CCN(C=O)CC2)cc1. The normalized spacial score (nSPS) is 13.9. The number of aromatic nitrogens is 1.